The van der Waals surface area contributed by atoms with Crippen molar-refractivity contribution >= 4 is 17.3 Å². The number of halogens is 1. The standard InChI is InChI=1S/C10H12ClNO/c1-6-3-9-10(4-8(6)11)13-5-7(2)12-9/h3-4,7,12H,5H2,1-2H3. The van der Waals surface area contributed by atoms with Gasteiger partial charge >= 0.3 is 0 Å². The molecule has 0 radical (unpaired) electrons. The van der Waals surface area contributed by atoms with E-state index in [1.165, 1.54) is 0 Å². The first-order chi connectivity index (χ1) is 6.16. The summed E-state index contributed by atoms with van der Waals surface area (Å²) in [5.74, 6) is 0.855. The van der Waals surface area contributed by atoms with E-state index < -0.39 is 0 Å². The van der Waals surface area contributed by atoms with E-state index in [1.807, 2.05) is 19.1 Å². The molecule has 0 aliphatic carbocycles. The van der Waals surface area contributed by atoms with Gasteiger partial charge in [-0.25, -0.2) is 0 Å². The lowest BCUT2D eigenvalue weighted by molar-refractivity contribution is 0.292. The van der Waals surface area contributed by atoms with Gasteiger partial charge in [0.15, 0.2) is 0 Å². The van der Waals surface area contributed by atoms with E-state index >= 15 is 0 Å². The minimum atomic E-state index is 0.369. The highest BCUT2D eigenvalue weighted by atomic mass is 35.5. The van der Waals surface area contributed by atoms with Gasteiger partial charge in [0.2, 0.25) is 0 Å². The Labute approximate surface area is 82.9 Å². The molecule has 0 saturated carbocycles. The molecule has 1 aromatic rings. The maximum Gasteiger partial charge on any atom is 0.144 e. The fraction of sp³-hybridized carbons (Fsp3) is 0.400. The van der Waals surface area contributed by atoms with Crippen molar-refractivity contribution < 1.29 is 4.74 Å². The largest absolute Gasteiger partial charge is 0.489 e. The van der Waals surface area contributed by atoms with Crippen LogP contribution in [0.15, 0.2) is 12.1 Å². The topological polar surface area (TPSA) is 21.3 Å². The SMILES string of the molecule is Cc1cc2c(cc1Cl)OCC(C)N2. The third-order valence-corrected chi connectivity index (χ3v) is 2.56. The molecule has 0 amide bonds. The Morgan fingerprint density at radius 3 is 3.08 bits per heavy atom. The molecule has 1 atom stereocenters. The average molecular weight is 198 g/mol. The number of aryl methyl sites for hydroxylation is 1. The monoisotopic (exact) mass is 197 g/mol. The molecule has 1 aromatic carbocycles. The summed E-state index contributed by atoms with van der Waals surface area (Å²) in [6.45, 7) is 4.78. The molecule has 1 N–H and O–H groups in total. The van der Waals surface area contributed by atoms with Crippen LogP contribution >= 0.6 is 11.6 Å². The number of anilines is 1. The van der Waals surface area contributed by atoms with Crippen LogP contribution < -0.4 is 10.1 Å². The van der Waals surface area contributed by atoms with Gasteiger partial charge in [0, 0.05) is 11.1 Å². The molecule has 2 nitrogen and oxygen atoms in total. The molecule has 1 aliphatic rings. The van der Waals surface area contributed by atoms with Crippen molar-refractivity contribution in [2.24, 2.45) is 0 Å². The predicted octanol–water partition coefficient (Wildman–Crippen LogP) is 2.84. The van der Waals surface area contributed by atoms with Gasteiger partial charge in [0.05, 0.1) is 11.7 Å². The van der Waals surface area contributed by atoms with Gasteiger partial charge in [-0.1, -0.05) is 11.6 Å². The van der Waals surface area contributed by atoms with Crippen molar-refractivity contribution in [3.05, 3.63) is 22.7 Å². The van der Waals surface area contributed by atoms with Crippen LogP contribution in [0, 0.1) is 6.92 Å². The van der Waals surface area contributed by atoms with Crippen molar-refractivity contribution in [2.75, 3.05) is 11.9 Å². The number of rotatable bonds is 0. The van der Waals surface area contributed by atoms with E-state index in [2.05, 4.69) is 12.2 Å². The maximum atomic E-state index is 5.97. The zero-order valence-corrected chi connectivity index (χ0v) is 8.48. The molecule has 0 saturated heterocycles. The van der Waals surface area contributed by atoms with Crippen LogP contribution in [0.4, 0.5) is 5.69 Å². The van der Waals surface area contributed by atoms with E-state index in [-0.39, 0.29) is 0 Å². The molecule has 0 bridgehead atoms. The molecule has 1 aliphatic heterocycles. The molecular formula is C10H12ClNO. The van der Waals surface area contributed by atoms with Gasteiger partial charge in [0.25, 0.3) is 0 Å². The molecule has 1 unspecified atom stereocenters. The molecule has 0 aromatic heterocycles. The summed E-state index contributed by atoms with van der Waals surface area (Å²) in [6.07, 6.45) is 0. The van der Waals surface area contributed by atoms with E-state index in [1.54, 1.807) is 0 Å². The summed E-state index contributed by atoms with van der Waals surface area (Å²) in [4.78, 5) is 0. The van der Waals surface area contributed by atoms with Crippen molar-refractivity contribution in [3.8, 4) is 5.75 Å². The molecule has 1 heterocycles. The first-order valence-electron chi connectivity index (χ1n) is 4.36. The van der Waals surface area contributed by atoms with E-state index in [0.717, 1.165) is 22.0 Å². The van der Waals surface area contributed by atoms with Crippen LogP contribution in [-0.2, 0) is 0 Å². The third kappa shape index (κ3) is 1.59. The van der Waals surface area contributed by atoms with Crippen molar-refractivity contribution in [3.63, 3.8) is 0 Å². The lowest BCUT2D eigenvalue weighted by atomic mass is 10.1. The number of nitrogens with one attached hydrogen (secondary N) is 1. The smallest absolute Gasteiger partial charge is 0.144 e. The second-order valence-corrected chi connectivity index (χ2v) is 3.86. The van der Waals surface area contributed by atoms with Gasteiger partial charge in [-0.05, 0) is 25.5 Å². The third-order valence-electron chi connectivity index (χ3n) is 2.15. The summed E-state index contributed by atoms with van der Waals surface area (Å²) in [5.41, 5.74) is 2.12. The fourth-order valence-corrected chi connectivity index (χ4v) is 1.57. The summed E-state index contributed by atoms with van der Waals surface area (Å²) in [5, 5.41) is 4.10. The maximum absolute atomic E-state index is 5.97. The second kappa shape index (κ2) is 3.11. The number of hydrogen-bond donors (Lipinski definition) is 1. The molecule has 0 spiro atoms. The van der Waals surface area contributed by atoms with Crippen molar-refractivity contribution in [1.82, 2.24) is 0 Å². The van der Waals surface area contributed by atoms with Gasteiger partial charge < -0.3 is 10.1 Å². The first kappa shape index (κ1) is 8.70. The van der Waals surface area contributed by atoms with Gasteiger partial charge in [0.1, 0.15) is 12.4 Å². The predicted molar refractivity (Wildman–Crippen MR) is 54.8 cm³/mol. The van der Waals surface area contributed by atoms with E-state index in [0.29, 0.717) is 12.6 Å². The highest BCUT2D eigenvalue weighted by Crippen LogP contribution is 2.33. The highest BCUT2D eigenvalue weighted by molar-refractivity contribution is 6.31. The second-order valence-electron chi connectivity index (χ2n) is 3.45. The van der Waals surface area contributed by atoms with Gasteiger partial charge in [-0.15, -0.1) is 0 Å². The zero-order chi connectivity index (χ0) is 9.42. The first-order valence-corrected chi connectivity index (χ1v) is 4.74. The van der Waals surface area contributed by atoms with E-state index in [4.69, 9.17) is 16.3 Å². The van der Waals surface area contributed by atoms with Crippen LogP contribution in [0.3, 0.4) is 0 Å². The van der Waals surface area contributed by atoms with Crippen molar-refractivity contribution in [2.45, 2.75) is 19.9 Å². The number of ether oxygens (including phenoxy) is 1. The minimum absolute atomic E-state index is 0.369. The summed E-state index contributed by atoms with van der Waals surface area (Å²) >= 11 is 5.97. The fourth-order valence-electron chi connectivity index (χ4n) is 1.42. The number of benzene rings is 1. The van der Waals surface area contributed by atoms with Gasteiger partial charge in [-0.3, -0.25) is 0 Å². The quantitative estimate of drug-likeness (QED) is 0.691. The van der Waals surface area contributed by atoms with E-state index in [9.17, 15) is 0 Å². The highest BCUT2D eigenvalue weighted by Gasteiger charge is 2.15. The van der Waals surface area contributed by atoms with Crippen LogP contribution in [0.5, 0.6) is 5.75 Å². The molecule has 3 heteroatoms. The Hall–Kier alpha value is -0.890. The Morgan fingerprint density at radius 1 is 1.54 bits per heavy atom. The molecular weight excluding hydrogens is 186 g/mol. The summed E-state index contributed by atoms with van der Waals surface area (Å²) in [6, 6.07) is 4.26. The number of fused-ring (bicyclic) bond motifs is 1. The lowest BCUT2D eigenvalue weighted by Crippen LogP contribution is -2.28. The Morgan fingerprint density at radius 2 is 2.31 bits per heavy atom. The van der Waals surface area contributed by atoms with Crippen LogP contribution in [-0.4, -0.2) is 12.6 Å². The minimum Gasteiger partial charge on any atom is -0.489 e. The normalized spacial score (nSPS) is 20.1. The molecule has 70 valence electrons. The van der Waals surface area contributed by atoms with Crippen molar-refractivity contribution in [1.29, 1.82) is 0 Å². The average Bonchev–Trinajstić information content (AvgIpc) is 2.08. The van der Waals surface area contributed by atoms with Crippen LogP contribution in [0.25, 0.3) is 0 Å². The zero-order valence-electron chi connectivity index (χ0n) is 7.73. The molecule has 13 heavy (non-hydrogen) atoms. The van der Waals surface area contributed by atoms with Crippen LogP contribution in [0.1, 0.15) is 12.5 Å². The lowest BCUT2D eigenvalue weighted by Gasteiger charge is -2.25. The summed E-state index contributed by atoms with van der Waals surface area (Å²) < 4.78 is 5.52. The molecule has 0 fully saturated rings. The Balaban J connectivity index is 2.43. The Bertz CT molecular complexity index is 338. The Kier molecular flexibility index (Phi) is 2.08. The van der Waals surface area contributed by atoms with Gasteiger partial charge in [-0.2, -0.15) is 0 Å². The molecule has 2 rings (SSSR count). The number of hydrogen-bond acceptors (Lipinski definition) is 2. The van der Waals surface area contributed by atoms with Crippen LogP contribution in [0.2, 0.25) is 5.02 Å². The summed E-state index contributed by atoms with van der Waals surface area (Å²) in [7, 11) is 0.